The molecule has 1 aliphatic rings. The van der Waals surface area contributed by atoms with E-state index in [1.165, 1.54) is 46.0 Å². The second-order valence-corrected chi connectivity index (χ2v) is 20.9. The third-order valence-electron chi connectivity index (χ3n) is 9.79. The molecule has 24 nitrogen and oxygen atoms in total. The average Bonchev–Trinajstić information content (AvgIpc) is 3.75. The molecule has 0 radical (unpaired) electrons. The topological polar surface area (TPSA) is 364 Å². The normalized spacial score (nSPS) is 21.3. The third kappa shape index (κ3) is 18.2. The van der Waals surface area contributed by atoms with E-state index < -0.39 is 84.6 Å². The molecular weight excluding hydrogens is 903 g/mol. The standard InChI is InChI=1S/C34H60N7O17P3S/c1-5-22(2)12-10-8-6-7-9-11-13-25(43)62-17-16-36-24(42)14-15-37-32(46)29(45)34(3,4)19-55-61(52,53)58-60(50,51)54-18-23-28(57-59(47,48)49)27(44)33(56-23)41-21-40-26-30(35)38-20-39-31(26)41/h20-23,27-29,33,44-45H,5-19H2,1-4H3,(H,36,42)(H,37,46)(H,50,51)(H,52,53)(H2,35,38,39)(H2,47,48,49). The van der Waals surface area contributed by atoms with Crippen LogP contribution in [0.1, 0.15) is 98.1 Å². The van der Waals surface area contributed by atoms with Crippen LogP contribution in [0.25, 0.3) is 11.2 Å². The van der Waals surface area contributed by atoms with Crippen molar-refractivity contribution in [3.05, 3.63) is 12.7 Å². The number of thioether (sulfide) groups is 1. The monoisotopic (exact) mass is 963 g/mol. The highest BCUT2D eigenvalue weighted by atomic mass is 32.2. The summed E-state index contributed by atoms with van der Waals surface area (Å²) in [5.41, 5.74) is 4.28. The van der Waals surface area contributed by atoms with Crippen molar-refractivity contribution >= 4 is 69.1 Å². The molecule has 0 aliphatic carbocycles. The SMILES string of the molecule is CCC(C)CCCCCCCCC(=O)SCCNC(=O)CCNC(=O)C(O)C(C)(C)COP(=O)(O)OP(=O)(O)OCC1OC(n2cnc3c(N)ncnc32)C(O)C1OP(=O)(O)O. The number of nitrogens with zero attached hydrogens (tertiary/aromatic N) is 4. The molecule has 1 saturated heterocycles. The molecule has 2 aromatic rings. The fourth-order valence-corrected chi connectivity index (χ4v) is 9.59. The zero-order valence-corrected chi connectivity index (χ0v) is 38.5. The van der Waals surface area contributed by atoms with Gasteiger partial charge >= 0.3 is 23.5 Å². The van der Waals surface area contributed by atoms with E-state index in [2.05, 4.69) is 48.3 Å². The van der Waals surface area contributed by atoms with E-state index in [9.17, 15) is 57.9 Å². The number of fused-ring (bicyclic) bond motifs is 1. The number of phosphoric ester groups is 3. The molecule has 10 N–H and O–H groups in total. The van der Waals surface area contributed by atoms with Crippen LogP contribution in [-0.4, -0.2) is 123 Å². The lowest BCUT2D eigenvalue weighted by Crippen LogP contribution is -2.46. The number of unbranched alkanes of at least 4 members (excludes halogenated alkanes) is 5. The van der Waals surface area contributed by atoms with Crippen LogP contribution in [0.4, 0.5) is 5.82 Å². The molecule has 0 saturated carbocycles. The maximum atomic E-state index is 12.7. The number of phosphoric acid groups is 3. The van der Waals surface area contributed by atoms with Crippen molar-refractivity contribution in [2.45, 2.75) is 123 Å². The van der Waals surface area contributed by atoms with E-state index in [1.54, 1.807) is 0 Å². The van der Waals surface area contributed by atoms with Gasteiger partial charge in [-0.2, -0.15) is 4.31 Å². The number of carbonyl (C=O) groups excluding carboxylic acids is 3. The number of anilines is 1. The zero-order chi connectivity index (χ0) is 46.3. The van der Waals surface area contributed by atoms with Gasteiger partial charge in [0, 0.05) is 37.1 Å². The smallest absolute Gasteiger partial charge is 0.386 e. The number of imidazole rings is 1. The van der Waals surface area contributed by atoms with Gasteiger partial charge in [-0.05, 0) is 12.3 Å². The lowest BCUT2D eigenvalue weighted by Gasteiger charge is -2.30. The van der Waals surface area contributed by atoms with Crippen molar-refractivity contribution < 1.29 is 80.5 Å². The molecule has 354 valence electrons. The Balaban J connectivity index is 1.37. The summed E-state index contributed by atoms with van der Waals surface area (Å²) in [4.78, 5) is 88.1. The van der Waals surface area contributed by atoms with E-state index in [4.69, 9.17) is 19.5 Å². The first-order valence-electron chi connectivity index (χ1n) is 20.0. The molecule has 8 unspecified atom stereocenters. The van der Waals surface area contributed by atoms with Crippen molar-refractivity contribution in [2.75, 3.05) is 37.8 Å². The minimum absolute atomic E-state index is 0.0331. The van der Waals surface area contributed by atoms with E-state index >= 15 is 0 Å². The molecule has 8 atom stereocenters. The van der Waals surface area contributed by atoms with Crippen LogP contribution in [0, 0.1) is 11.3 Å². The quantitative estimate of drug-likeness (QED) is 0.0418. The molecular formula is C34H60N7O17P3S. The maximum Gasteiger partial charge on any atom is 0.481 e. The van der Waals surface area contributed by atoms with E-state index in [-0.39, 0.29) is 41.6 Å². The molecule has 2 aromatic heterocycles. The molecule has 3 rings (SSSR count). The summed E-state index contributed by atoms with van der Waals surface area (Å²) in [6, 6.07) is 0. The molecule has 1 aliphatic heterocycles. The Bertz CT molecular complexity index is 1920. The Morgan fingerprint density at radius 3 is 2.31 bits per heavy atom. The van der Waals surface area contributed by atoms with Gasteiger partial charge in [-0.3, -0.25) is 32.5 Å². The summed E-state index contributed by atoms with van der Waals surface area (Å²) in [6.45, 7) is 5.05. The Labute approximate surface area is 363 Å². The van der Waals surface area contributed by atoms with Crippen LogP contribution < -0.4 is 16.4 Å². The Morgan fingerprint density at radius 1 is 0.968 bits per heavy atom. The molecule has 0 bridgehead atoms. The number of rotatable bonds is 29. The van der Waals surface area contributed by atoms with Gasteiger partial charge in [-0.15, -0.1) is 0 Å². The number of hydrogen-bond acceptors (Lipinski definition) is 18. The predicted molar refractivity (Wildman–Crippen MR) is 223 cm³/mol. The summed E-state index contributed by atoms with van der Waals surface area (Å²) in [5.74, 6) is -0.256. The Kier molecular flexibility index (Phi) is 21.5. The van der Waals surface area contributed by atoms with E-state index in [0.29, 0.717) is 12.2 Å². The van der Waals surface area contributed by atoms with Gasteiger partial charge in [0.1, 0.15) is 36.3 Å². The first-order chi connectivity index (χ1) is 28.9. The van der Waals surface area contributed by atoms with E-state index in [1.807, 2.05) is 0 Å². The van der Waals surface area contributed by atoms with Crippen LogP contribution in [0.2, 0.25) is 0 Å². The largest absolute Gasteiger partial charge is 0.481 e. The van der Waals surface area contributed by atoms with Gasteiger partial charge in [0.25, 0.3) is 0 Å². The number of nitrogens with one attached hydrogen (secondary N) is 2. The fraction of sp³-hybridized carbons (Fsp3) is 0.765. The fourth-order valence-electron chi connectivity index (χ4n) is 6.04. The lowest BCUT2D eigenvalue weighted by atomic mass is 9.87. The second kappa shape index (κ2) is 24.7. The summed E-state index contributed by atoms with van der Waals surface area (Å²) in [7, 11) is -16.4. The van der Waals surface area contributed by atoms with E-state index in [0.717, 1.165) is 54.2 Å². The lowest BCUT2D eigenvalue weighted by molar-refractivity contribution is -0.137. The summed E-state index contributed by atoms with van der Waals surface area (Å²) < 4.78 is 62.3. The number of carbonyl (C=O) groups is 3. The number of aromatic nitrogens is 4. The first-order valence-corrected chi connectivity index (χ1v) is 25.5. The van der Waals surface area contributed by atoms with Gasteiger partial charge in [0.15, 0.2) is 22.8 Å². The van der Waals surface area contributed by atoms with Gasteiger partial charge in [0.05, 0.1) is 19.5 Å². The van der Waals surface area contributed by atoms with Gasteiger partial charge in [-0.1, -0.05) is 84.4 Å². The molecule has 2 amide bonds. The van der Waals surface area contributed by atoms with Gasteiger partial charge in [0.2, 0.25) is 11.8 Å². The molecule has 0 aromatic carbocycles. The van der Waals surface area contributed by atoms with Crippen molar-refractivity contribution in [3.63, 3.8) is 0 Å². The Morgan fingerprint density at radius 2 is 1.63 bits per heavy atom. The van der Waals surface area contributed by atoms with Crippen molar-refractivity contribution in [1.82, 2.24) is 30.2 Å². The molecule has 3 heterocycles. The highest BCUT2D eigenvalue weighted by Gasteiger charge is 2.50. The highest BCUT2D eigenvalue weighted by Crippen LogP contribution is 2.61. The van der Waals surface area contributed by atoms with Crippen LogP contribution in [0.15, 0.2) is 12.7 Å². The van der Waals surface area contributed by atoms with Gasteiger partial charge < -0.3 is 50.9 Å². The van der Waals surface area contributed by atoms with Gasteiger partial charge in [-0.25, -0.2) is 28.6 Å². The third-order valence-corrected chi connectivity index (χ3v) is 13.8. The molecule has 28 heteroatoms. The number of nitrogen functional groups attached to an aromatic ring is 1. The number of aliphatic hydroxyl groups is 2. The summed E-state index contributed by atoms with van der Waals surface area (Å²) >= 11 is 1.15. The van der Waals surface area contributed by atoms with Crippen molar-refractivity contribution in [2.24, 2.45) is 11.3 Å². The molecule has 1 fully saturated rings. The van der Waals surface area contributed by atoms with Crippen LogP contribution in [0.3, 0.4) is 0 Å². The van der Waals surface area contributed by atoms with Crippen LogP contribution >= 0.6 is 35.2 Å². The maximum absolute atomic E-state index is 12.7. The number of amides is 2. The summed E-state index contributed by atoms with van der Waals surface area (Å²) in [6.07, 6.45) is 2.67. The zero-order valence-electron chi connectivity index (χ0n) is 35.0. The number of nitrogens with two attached hydrogens (primary N) is 1. The number of hydrogen-bond donors (Lipinski definition) is 9. The minimum Gasteiger partial charge on any atom is -0.386 e. The second-order valence-electron chi connectivity index (χ2n) is 15.5. The van der Waals surface area contributed by atoms with Crippen LogP contribution in [0.5, 0.6) is 0 Å². The van der Waals surface area contributed by atoms with Crippen LogP contribution in [-0.2, 0) is 50.7 Å². The van der Waals surface area contributed by atoms with Crippen molar-refractivity contribution in [1.29, 1.82) is 0 Å². The Hall–Kier alpha value is -2.44. The number of aliphatic hydroxyl groups excluding tert-OH is 2. The molecule has 62 heavy (non-hydrogen) atoms. The first kappa shape index (κ1) is 53.9. The number of ether oxygens (including phenoxy) is 1. The average molecular weight is 964 g/mol. The summed E-state index contributed by atoms with van der Waals surface area (Å²) in [5, 5.41) is 26.6. The predicted octanol–water partition coefficient (Wildman–Crippen LogP) is 2.83. The minimum atomic E-state index is -5.57. The molecule has 0 spiro atoms. The highest BCUT2D eigenvalue weighted by molar-refractivity contribution is 8.13. The van der Waals surface area contributed by atoms with Crippen molar-refractivity contribution in [3.8, 4) is 0 Å².